The van der Waals surface area contributed by atoms with E-state index in [0.29, 0.717) is 0 Å². The normalized spacial score (nSPS) is 19.2. The maximum Gasteiger partial charge on any atom is 0.161 e. The smallest absolute Gasteiger partial charge is 0.161 e. The Morgan fingerprint density at radius 2 is 1.89 bits per heavy atom. The molecule has 4 rings (SSSR count). The second-order valence-electron chi connectivity index (χ2n) is 7.01. The highest BCUT2D eigenvalue weighted by molar-refractivity contribution is 5.85. The van der Waals surface area contributed by atoms with Crippen LogP contribution in [-0.2, 0) is 11.2 Å². The van der Waals surface area contributed by atoms with Gasteiger partial charge in [0.05, 0.1) is 33.5 Å². The summed E-state index contributed by atoms with van der Waals surface area (Å²) in [5, 5.41) is 0. The van der Waals surface area contributed by atoms with Gasteiger partial charge in [-0.2, -0.15) is 0 Å². The second kappa shape index (κ2) is 9.41. The van der Waals surface area contributed by atoms with E-state index in [1.807, 2.05) is 12.4 Å². The lowest BCUT2D eigenvalue weighted by Crippen LogP contribution is -2.38. The molecule has 2 aromatic rings. The third kappa shape index (κ3) is 4.17. The lowest BCUT2D eigenvalue weighted by Gasteiger charge is -2.39. The molecule has 0 saturated heterocycles. The first kappa shape index (κ1) is 20.6. The van der Waals surface area contributed by atoms with Gasteiger partial charge >= 0.3 is 0 Å². The summed E-state index contributed by atoms with van der Waals surface area (Å²) in [7, 11) is 3.38. The molecule has 1 aromatic heterocycles. The standard InChI is InChI=1S/C22H26N2O3.ClH/c1-25-20-12-18-7-10-24(14-16-4-3-11-27-15-16)22(17-5-8-23-9-6-17)19(18)13-21(20)26-2;/h4-6,8-9,12-13,22H,3,7,10-11,14-15H2,1-2H3;1H. The fourth-order valence-corrected chi connectivity index (χ4v) is 4.08. The molecule has 150 valence electrons. The van der Waals surface area contributed by atoms with Crippen molar-refractivity contribution in [2.24, 2.45) is 0 Å². The molecule has 28 heavy (non-hydrogen) atoms. The van der Waals surface area contributed by atoms with E-state index >= 15 is 0 Å². The molecule has 0 radical (unpaired) electrons. The highest BCUT2D eigenvalue weighted by Crippen LogP contribution is 2.41. The Morgan fingerprint density at radius 3 is 2.57 bits per heavy atom. The third-order valence-electron chi connectivity index (χ3n) is 5.38. The van der Waals surface area contributed by atoms with E-state index in [4.69, 9.17) is 14.2 Å². The summed E-state index contributed by atoms with van der Waals surface area (Å²) in [6, 6.07) is 8.64. The number of methoxy groups -OCH3 is 2. The molecule has 0 amide bonds. The summed E-state index contributed by atoms with van der Waals surface area (Å²) in [6.07, 6.45) is 8.06. The molecule has 0 N–H and O–H groups in total. The minimum absolute atomic E-state index is 0. The molecule has 2 aliphatic rings. The first-order valence-electron chi connectivity index (χ1n) is 9.44. The molecular formula is C22H27ClN2O3. The van der Waals surface area contributed by atoms with Crippen LogP contribution in [0, 0.1) is 0 Å². The Kier molecular flexibility index (Phi) is 6.94. The SMILES string of the molecule is COc1cc2c(cc1OC)C(c1ccncc1)N(CC1=CCCOC1)CC2.Cl. The molecule has 0 fully saturated rings. The number of rotatable bonds is 5. The van der Waals surface area contributed by atoms with Gasteiger partial charge in [0.15, 0.2) is 11.5 Å². The number of pyridine rings is 1. The summed E-state index contributed by atoms with van der Waals surface area (Å²) in [5.74, 6) is 1.57. The van der Waals surface area contributed by atoms with Gasteiger partial charge in [0.1, 0.15) is 0 Å². The van der Waals surface area contributed by atoms with Gasteiger partial charge in [0, 0.05) is 25.5 Å². The molecule has 0 bridgehead atoms. The van der Waals surface area contributed by atoms with E-state index in [9.17, 15) is 0 Å². The van der Waals surface area contributed by atoms with Crippen molar-refractivity contribution in [2.75, 3.05) is 40.5 Å². The van der Waals surface area contributed by atoms with Crippen molar-refractivity contribution in [2.45, 2.75) is 18.9 Å². The Morgan fingerprint density at radius 1 is 1.14 bits per heavy atom. The number of aromatic nitrogens is 1. The van der Waals surface area contributed by atoms with Crippen LogP contribution in [0.15, 0.2) is 48.3 Å². The number of benzene rings is 1. The molecule has 0 saturated carbocycles. The highest BCUT2D eigenvalue weighted by Gasteiger charge is 2.31. The zero-order chi connectivity index (χ0) is 18.6. The Bertz CT molecular complexity index is 826. The summed E-state index contributed by atoms with van der Waals surface area (Å²) in [6.45, 7) is 3.48. The van der Waals surface area contributed by atoms with Crippen LogP contribution < -0.4 is 9.47 Å². The molecule has 1 unspecified atom stereocenters. The van der Waals surface area contributed by atoms with E-state index in [2.05, 4.69) is 40.2 Å². The van der Waals surface area contributed by atoms with Gasteiger partial charge in [-0.15, -0.1) is 12.4 Å². The average Bonchev–Trinajstić information content (AvgIpc) is 2.74. The Hall–Kier alpha value is -2.08. The van der Waals surface area contributed by atoms with E-state index in [1.54, 1.807) is 14.2 Å². The average molecular weight is 403 g/mol. The van der Waals surface area contributed by atoms with Crippen LogP contribution in [-0.4, -0.2) is 50.4 Å². The van der Waals surface area contributed by atoms with E-state index in [1.165, 1.54) is 22.3 Å². The van der Waals surface area contributed by atoms with Crippen molar-refractivity contribution < 1.29 is 14.2 Å². The molecule has 1 atom stereocenters. The first-order chi connectivity index (χ1) is 13.3. The van der Waals surface area contributed by atoms with Crippen LogP contribution in [0.4, 0.5) is 0 Å². The summed E-state index contributed by atoms with van der Waals surface area (Å²) in [5.41, 5.74) is 5.21. The lowest BCUT2D eigenvalue weighted by molar-refractivity contribution is 0.136. The van der Waals surface area contributed by atoms with E-state index in [-0.39, 0.29) is 18.4 Å². The number of hydrogen-bond donors (Lipinski definition) is 0. The zero-order valence-corrected chi connectivity index (χ0v) is 17.2. The molecule has 0 aliphatic carbocycles. The van der Waals surface area contributed by atoms with Gasteiger partial charge in [0.25, 0.3) is 0 Å². The summed E-state index contributed by atoms with van der Waals surface area (Å²) >= 11 is 0. The minimum Gasteiger partial charge on any atom is -0.493 e. The van der Waals surface area contributed by atoms with E-state index in [0.717, 1.165) is 50.6 Å². The quantitative estimate of drug-likeness (QED) is 0.711. The van der Waals surface area contributed by atoms with Crippen LogP contribution in [0.2, 0.25) is 0 Å². The Balaban J connectivity index is 0.00000225. The fourth-order valence-electron chi connectivity index (χ4n) is 4.08. The van der Waals surface area contributed by atoms with Gasteiger partial charge in [-0.3, -0.25) is 9.88 Å². The van der Waals surface area contributed by atoms with Crippen LogP contribution in [0.5, 0.6) is 11.5 Å². The zero-order valence-electron chi connectivity index (χ0n) is 16.4. The van der Waals surface area contributed by atoms with Crippen molar-refractivity contribution in [1.29, 1.82) is 0 Å². The number of fused-ring (bicyclic) bond motifs is 1. The lowest BCUT2D eigenvalue weighted by atomic mass is 9.87. The van der Waals surface area contributed by atoms with Gasteiger partial charge in [-0.05, 0) is 59.4 Å². The van der Waals surface area contributed by atoms with Crippen molar-refractivity contribution in [3.63, 3.8) is 0 Å². The summed E-state index contributed by atoms with van der Waals surface area (Å²) < 4.78 is 16.8. The molecule has 6 heteroatoms. The Labute approximate surface area is 172 Å². The predicted octanol–water partition coefficient (Wildman–Crippen LogP) is 3.81. The number of nitrogens with zero attached hydrogens (tertiary/aromatic N) is 2. The highest BCUT2D eigenvalue weighted by atomic mass is 35.5. The minimum atomic E-state index is 0. The van der Waals surface area contributed by atoms with Crippen molar-refractivity contribution in [3.8, 4) is 11.5 Å². The van der Waals surface area contributed by atoms with E-state index < -0.39 is 0 Å². The maximum absolute atomic E-state index is 5.66. The number of ether oxygens (including phenoxy) is 3. The van der Waals surface area contributed by atoms with Crippen molar-refractivity contribution in [3.05, 3.63) is 65.0 Å². The first-order valence-corrected chi connectivity index (χ1v) is 9.44. The molecule has 2 aliphatic heterocycles. The molecule has 5 nitrogen and oxygen atoms in total. The van der Waals surface area contributed by atoms with Crippen LogP contribution in [0.3, 0.4) is 0 Å². The summed E-state index contributed by atoms with van der Waals surface area (Å²) in [4.78, 5) is 6.74. The predicted molar refractivity (Wildman–Crippen MR) is 112 cm³/mol. The fraction of sp³-hybridized carbons (Fsp3) is 0.409. The van der Waals surface area contributed by atoms with Crippen LogP contribution in [0.25, 0.3) is 0 Å². The molecular weight excluding hydrogens is 376 g/mol. The van der Waals surface area contributed by atoms with Gasteiger partial charge in [-0.1, -0.05) is 6.08 Å². The third-order valence-corrected chi connectivity index (χ3v) is 5.38. The number of halogens is 1. The topological polar surface area (TPSA) is 43.8 Å². The van der Waals surface area contributed by atoms with Gasteiger partial charge in [-0.25, -0.2) is 0 Å². The van der Waals surface area contributed by atoms with Gasteiger partial charge < -0.3 is 14.2 Å². The molecule has 1 aromatic carbocycles. The number of hydrogen-bond acceptors (Lipinski definition) is 5. The van der Waals surface area contributed by atoms with Crippen LogP contribution >= 0.6 is 12.4 Å². The second-order valence-corrected chi connectivity index (χ2v) is 7.01. The van der Waals surface area contributed by atoms with Crippen LogP contribution in [0.1, 0.15) is 29.2 Å². The monoisotopic (exact) mass is 402 g/mol. The van der Waals surface area contributed by atoms with Gasteiger partial charge in [0.2, 0.25) is 0 Å². The van der Waals surface area contributed by atoms with Crippen molar-refractivity contribution in [1.82, 2.24) is 9.88 Å². The molecule has 3 heterocycles. The maximum atomic E-state index is 5.66. The molecule has 0 spiro atoms. The largest absolute Gasteiger partial charge is 0.493 e. The van der Waals surface area contributed by atoms with Crippen molar-refractivity contribution >= 4 is 12.4 Å².